The molecule has 1 aromatic rings. The van der Waals surface area contributed by atoms with Gasteiger partial charge in [0.2, 0.25) is 0 Å². The second-order valence-electron chi connectivity index (χ2n) is 7.37. The van der Waals surface area contributed by atoms with Crippen molar-refractivity contribution in [3.05, 3.63) is 11.4 Å². The van der Waals surface area contributed by atoms with Gasteiger partial charge in [0, 0.05) is 17.6 Å². The average Bonchev–Trinajstić information content (AvgIpc) is 2.21. The maximum atomic E-state index is 4.57. The van der Waals surface area contributed by atoms with Crippen molar-refractivity contribution in [2.75, 3.05) is 17.2 Å². The number of anilines is 2. The van der Waals surface area contributed by atoms with E-state index in [9.17, 15) is 0 Å². The molecule has 0 bridgehead atoms. The van der Waals surface area contributed by atoms with E-state index < -0.39 is 0 Å². The van der Waals surface area contributed by atoms with E-state index in [4.69, 9.17) is 0 Å². The van der Waals surface area contributed by atoms with Gasteiger partial charge in [0.05, 0.1) is 0 Å². The van der Waals surface area contributed by atoms with Crippen molar-refractivity contribution in [3.63, 3.8) is 0 Å². The zero-order chi connectivity index (χ0) is 15.6. The summed E-state index contributed by atoms with van der Waals surface area (Å²) in [5.41, 5.74) is 1.35. The third-order valence-electron chi connectivity index (χ3n) is 3.03. The van der Waals surface area contributed by atoms with E-state index in [1.165, 1.54) is 0 Å². The third-order valence-corrected chi connectivity index (χ3v) is 3.03. The van der Waals surface area contributed by atoms with Gasteiger partial charge in [0.1, 0.15) is 17.5 Å². The van der Waals surface area contributed by atoms with Gasteiger partial charge < -0.3 is 10.6 Å². The number of rotatable bonds is 5. The van der Waals surface area contributed by atoms with Crippen molar-refractivity contribution in [1.29, 1.82) is 0 Å². The summed E-state index contributed by atoms with van der Waals surface area (Å²) in [5.74, 6) is 2.65. The molecule has 0 saturated carbocycles. The summed E-state index contributed by atoms with van der Waals surface area (Å²) >= 11 is 0. The largest absolute Gasteiger partial charge is 0.370 e. The molecule has 0 unspecified atom stereocenters. The van der Waals surface area contributed by atoms with Crippen LogP contribution in [0.2, 0.25) is 0 Å². The summed E-state index contributed by atoms with van der Waals surface area (Å²) in [6.45, 7) is 18.2. The van der Waals surface area contributed by atoms with Crippen molar-refractivity contribution in [3.8, 4) is 0 Å². The number of hydrogen-bond donors (Lipinski definition) is 2. The Morgan fingerprint density at radius 1 is 0.950 bits per heavy atom. The van der Waals surface area contributed by atoms with Crippen LogP contribution >= 0.6 is 0 Å². The lowest BCUT2D eigenvalue weighted by Crippen LogP contribution is -2.36. The fourth-order valence-corrected chi connectivity index (χ4v) is 2.78. The van der Waals surface area contributed by atoms with E-state index in [2.05, 4.69) is 69.1 Å². The normalized spacial score (nSPS) is 12.4. The van der Waals surface area contributed by atoms with E-state index in [1.807, 2.05) is 6.92 Å². The van der Waals surface area contributed by atoms with Crippen LogP contribution in [0.4, 0.5) is 11.6 Å². The Kier molecular flexibility index (Phi) is 5.00. The molecule has 0 aliphatic rings. The van der Waals surface area contributed by atoms with Crippen LogP contribution in [-0.2, 0) is 0 Å². The molecular weight excluding hydrogens is 248 g/mol. The first-order valence-electron chi connectivity index (χ1n) is 7.41. The quantitative estimate of drug-likeness (QED) is 0.849. The number of aryl methyl sites for hydroxylation is 1. The molecule has 4 nitrogen and oxygen atoms in total. The molecule has 0 spiro atoms. The standard InChI is InChI=1S/C16H30N4/c1-9-17-13-11(2)14(19-12(3)18-13)20-16(7,8)10-15(4,5)6/h9-10H2,1-8H3,(H2,17,18,19,20). The summed E-state index contributed by atoms with van der Waals surface area (Å²) in [4.78, 5) is 9.03. The Morgan fingerprint density at radius 2 is 1.50 bits per heavy atom. The predicted molar refractivity (Wildman–Crippen MR) is 87.4 cm³/mol. The van der Waals surface area contributed by atoms with Crippen LogP contribution in [0.3, 0.4) is 0 Å². The van der Waals surface area contributed by atoms with Crippen LogP contribution < -0.4 is 10.6 Å². The van der Waals surface area contributed by atoms with E-state index in [0.717, 1.165) is 36.0 Å². The zero-order valence-electron chi connectivity index (χ0n) is 14.3. The molecule has 1 heterocycles. The van der Waals surface area contributed by atoms with E-state index in [0.29, 0.717) is 0 Å². The first kappa shape index (κ1) is 16.7. The molecule has 114 valence electrons. The highest BCUT2D eigenvalue weighted by Crippen LogP contribution is 2.31. The van der Waals surface area contributed by atoms with Gasteiger partial charge in [-0.1, -0.05) is 20.8 Å². The van der Waals surface area contributed by atoms with Crippen molar-refractivity contribution in [1.82, 2.24) is 9.97 Å². The van der Waals surface area contributed by atoms with Gasteiger partial charge in [0.25, 0.3) is 0 Å². The Balaban J connectivity index is 3.02. The smallest absolute Gasteiger partial charge is 0.135 e. The van der Waals surface area contributed by atoms with Gasteiger partial charge >= 0.3 is 0 Å². The first-order valence-corrected chi connectivity index (χ1v) is 7.41. The van der Waals surface area contributed by atoms with E-state index in [1.54, 1.807) is 0 Å². The fraction of sp³-hybridized carbons (Fsp3) is 0.750. The maximum absolute atomic E-state index is 4.57. The average molecular weight is 278 g/mol. The minimum atomic E-state index is -0.00666. The van der Waals surface area contributed by atoms with Gasteiger partial charge in [-0.2, -0.15) is 0 Å². The molecule has 2 N–H and O–H groups in total. The lowest BCUT2D eigenvalue weighted by molar-refractivity contribution is 0.302. The summed E-state index contributed by atoms with van der Waals surface area (Å²) in [5, 5.41) is 6.89. The Bertz CT molecular complexity index is 458. The Labute approximate surface area is 123 Å². The van der Waals surface area contributed by atoms with Crippen molar-refractivity contribution >= 4 is 11.6 Å². The lowest BCUT2D eigenvalue weighted by Gasteiger charge is -2.34. The van der Waals surface area contributed by atoms with Crippen molar-refractivity contribution < 1.29 is 0 Å². The van der Waals surface area contributed by atoms with Crippen LogP contribution in [0, 0.1) is 19.3 Å². The van der Waals surface area contributed by atoms with Crippen LogP contribution in [0.25, 0.3) is 0 Å². The molecule has 0 aromatic carbocycles. The Morgan fingerprint density at radius 3 is 2.00 bits per heavy atom. The minimum absolute atomic E-state index is 0.00666. The molecular formula is C16H30N4. The lowest BCUT2D eigenvalue weighted by atomic mass is 9.82. The maximum Gasteiger partial charge on any atom is 0.135 e. The third kappa shape index (κ3) is 4.99. The van der Waals surface area contributed by atoms with Crippen molar-refractivity contribution in [2.24, 2.45) is 5.41 Å². The zero-order valence-corrected chi connectivity index (χ0v) is 14.3. The van der Waals surface area contributed by atoms with Crippen LogP contribution in [0.5, 0.6) is 0 Å². The molecule has 4 heteroatoms. The molecule has 0 saturated heterocycles. The van der Waals surface area contributed by atoms with Gasteiger partial charge in [0.15, 0.2) is 0 Å². The topological polar surface area (TPSA) is 49.8 Å². The minimum Gasteiger partial charge on any atom is -0.370 e. The molecule has 0 aliphatic carbocycles. The van der Waals surface area contributed by atoms with Gasteiger partial charge in [-0.15, -0.1) is 0 Å². The highest BCUT2D eigenvalue weighted by atomic mass is 15.1. The molecule has 1 rings (SSSR count). The number of nitrogens with one attached hydrogen (secondary N) is 2. The molecule has 0 fully saturated rings. The molecule has 0 amide bonds. The van der Waals surface area contributed by atoms with Crippen LogP contribution in [-0.4, -0.2) is 22.1 Å². The second-order valence-corrected chi connectivity index (χ2v) is 7.37. The first-order chi connectivity index (χ1) is 9.04. The van der Waals surface area contributed by atoms with Gasteiger partial charge in [-0.05, 0) is 46.5 Å². The SMILES string of the molecule is CCNc1nc(C)nc(NC(C)(C)CC(C)(C)C)c1C. The fourth-order valence-electron chi connectivity index (χ4n) is 2.78. The van der Waals surface area contributed by atoms with E-state index in [-0.39, 0.29) is 11.0 Å². The van der Waals surface area contributed by atoms with Crippen LogP contribution in [0.1, 0.15) is 59.4 Å². The predicted octanol–water partition coefficient (Wildman–Crippen LogP) is 4.15. The molecule has 0 atom stereocenters. The molecule has 0 aliphatic heterocycles. The van der Waals surface area contributed by atoms with Gasteiger partial charge in [-0.25, -0.2) is 9.97 Å². The molecule has 1 aromatic heterocycles. The number of hydrogen-bond acceptors (Lipinski definition) is 4. The monoisotopic (exact) mass is 278 g/mol. The highest BCUT2D eigenvalue weighted by molar-refractivity contribution is 5.58. The second kappa shape index (κ2) is 5.98. The van der Waals surface area contributed by atoms with Crippen LogP contribution in [0.15, 0.2) is 0 Å². The van der Waals surface area contributed by atoms with Crippen molar-refractivity contribution in [2.45, 2.75) is 67.3 Å². The number of aromatic nitrogens is 2. The summed E-state index contributed by atoms with van der Waals surface area (Å²) in [6, 6.07) is 0. The summed E-state index contributed by atoms with van der Waals surface area (Å²) < 4.78 is 0. The van der Waals surface area contributed by atoms with Gasteiger partial charge in [-0.3, -0.25) is 0 Å². The molecule has 0 radical (unpaired) electrons. The summed E-state index contributed by atoms with van der Waals surface area (Å²) in [7, 11) is 0. The molecule has 20 heavy (non-hydrogen) atoms. The Hall–Kier alpha value is -1.32. The number of nitrogens with zero attached hydrogens (tertiary/aromatic N) is 2. The summed E-state index contributed by atoms with van der Waals surface area (Å²) in [6.07, 6.45) is 1.07. The highest BCUT2D eigenvalue weighted by Gasteiger charge is 2.26. The van der Waals surface area contributed by atoms with E-state index >= 15 is 0 Å².